The molecule has 0 saturated carbocycles. The Morgan fingerprint density at radius 2 is 2.14 bits per heavy atom. The number of benzene rings is 1. The molecule has 0 amide bonds. The normalized spacial score (nSPS) is 13.3. The van der Waals surface area contributed by atoms with Gasteiger partial charge in [0.2, 0.25) is 0 Å². The van der Waals surface area contributed by atoms with E-state index in [0.717, 1.165) is 30.4 Å². The van der Waals surface area contributed by atoms with Crippen molar-refractivity contribution in [3.8, 4) is 0 Å². The minimum atomic E-state index is -0.210. The molecule has 0 spiro atoms. The highest BCUT2D eigenvalue weighted by molar-refractivity contribution is 7.98. The van der Waals surface area contributed by atoms with Gasteiger partial charge in [-0.2, -0.15) is 11.8 Å². The van der Waals surface area contributed by atoms with Crippen LogP contribution < -0.4 is 10.6 Å². The molecule has 0 aromatic heterocycles. The Labute approximate surface area is 137 Å². The molecule has 4 nitrogen and oxygen atoms in total. The van der Waals surface area contributed by atoms with Crippen LogP contribution in [0.25, 0.3) is 0 Å². The summed E-state index contributed by atoms with van der Waals surface area (Å²) < 4.78 is 13.4. The van der Waals surface area contributed by atoms with Crippen LogP contribution in [-0.2, 0) is 0 Å². The number of guanidine groups is 1. The summed E-state index contributed by atoms with van der Waals surface area (Å²) in [7, 11) is 3.97. The molecule has 0 fully saturated rings. The summed E-state index contributed by atoms with van der Waals surface area (Å²) in [5.41, 5.74) is 0.939. The highest BCUT2D eigenvalue weighted by Crippen LogP contribution is 2.19. The molecule has 0 heterocycles. The zero-order valence-electron chi connectivity index (χ0n) is 13.9. The van der Waals surface area contributed by atoms with Crippen molar-refractivity contribution >= 4 is 17.7 Å². The molecule has 0 bridgehead atoms. The second kappa shape index (κ2) is 10.5. The summed E-state index contributed by atoms with van der Waals surface area (Å²) in [6, 6.07) is 6.78. The molecule has 0 aliphatic rings. The first-order valence-corrected chi connectivity index (χ1v) is 8.90. The number of thioether (sulfide) groups is 1. The van der Waals surface area contributed by atoms with Crippen molar-refractivity contribution in [1.29, 1.82) is 0 Å². The van der Waals surface area contributed by atoms with Crippen molar-refractivity contribution in [3.63, 3.8) is 0 Å². The van der Waals surface area contributed by atoms with E-state index in [1.165, 1.54) is 6.07 Å². The van der Waals surface area contributed by atoms with Crippen LogP contribution in [0.4, 0.5) is 4.39 Å². The van der Waals surface area contributed by atoms with E-state index < -0.39 is 0 Å². The Kier molecular flexibility index (Phi) is 8.92. The van der Waals surface area contributed by atoms with Gasteiger partial charge in [-0.3, -0.25) is 4.99 Å². The van der Waals surface area contributed by atoms with Crippen LogP contribution in [0.15, 0.2) is 29.3 Å². The van der Waals surface area contributed by atoms with Crippen molar-refractivity contribution in [2.24, 2.45) is 4.99 Å². The van der Waals surface area contributed by atoms with Crippen LogP contribution >= 0.6 is 11.8 Å². The second-order valence-corrected chi connectivity index (χ2v) is 6.16. The van der Waals surface area contributed by atoms with Gasteiger partial charge in [0.15, 0.2) is 5.96 Å². The molecule has 1 atom stereocenters. The molecule has 22 heavy (non-hydrogen) atoms. The standard InChI is InChI=1S/C16H27FN4S/c1-5-18-16(19-9-10-22-4)20-12-15(21(2)3)13-7-6-8-14(17)11-13/h6-8,11,15H,5,9-10,12H2,1-4H3,(H2,18,19,20). The largest absolute Gasteiger partial charge is 0.357 e. The maximum Gasteiger partial charge on any atom is 0.191 e. The lowest BCUT2D eigenvalue weighted by Crippen LogP contribution is -2.39. The van der Waals surface area contributed by atoms with E-state index in [2.05, 4.69) is 26.8 Å². The van der Waals surface area contributed by atoms with Crippen LogP contribution in [0.1, 0.15) is 18.5 Å². The maximum atomic E-state index is 13.4. The zero-order chi connectivity index (χ0) is 16.4. The van der Waals surface area contributed by atoms with Crippen molar-refractivity contribution < 1.29 is 4.39 Å². The SMILES string of the molecule is CCNC(=NCC(c1cccc(F)c1)N(C)C)NCCSC. The maximum absolute atomic E-state index is 13.4. The molecule has 1 rings (SSSR count). The van der Waals surface area contributed by atoms with E-state index in [4.69, 9.17) is 0 Å². The molecular weight excluding hydrogens is 299 g/mol. The van der Waals surface area contributed by atoms with E-state index in [9.17, 15) is 4.39 Å². The molecule has 0 aliphatic heterocycles. The molecule has 1 unspecified atom stereocenters. The third-order valence-electron chi connectivity index (χ3n) is 3.22. The van der Waals surface area contributed by atoms with Crippen LogP contribution in [-0.4, -0.2) is 56.6 Å². The Morgan fingerprint density at radius 3 is 2.73 bits per heavy atom. The Hall–Kier alpha value is -1.27. The minimum Gasteiger partial charge on any atom is -0.357 e. The predicted molar refractivity (Wildman–Crippen MR) is 95.2 cm³/mol. The summed E-state index contributed by atoms with van der Waals surface area (Å²) in [5, 5.41) is 6.54. The van der Waals surface area contributed by atoms with Crippen molar-refractivity contribution in [3.05, 3.63) is 35.6 Å². The summed E-state index contributed by atoms with van der Waals surface area (Å²) in [5.74, 6) is 1.63. The summed E-state index contributed by atoms with van der Waals surface area (Å²) in [6.45, 7) is 4.31. The molecule has 1 aromatic rings. The van der Waals surface area contributed by atoms with Crippen molar-refractivity contribution in [2.45, 2.75) is 13.0 Å². The van der Waals surface area contributed by atoms with E-state index in [1.54, 1.807) is 23.9 Å². The first kappa shape index (κ1) is 18.8. The molecular formula is C16H27FN4S. The van der Waals surface area contributed by atoms with E-state index in [0.29, 0.717) is 6.54 Å². The topological polar surface area (TPSA) is 39.7 Å². The van der Waals surface area contributed by atoms with Crippen LogP contribution in [0.5, 0.6) is 0 Å². The average molecular weight is 326 g/mol. The van der Waals surface area contributed by atoms with Gasteiger partial charge in [0.1, 0.15) is 5.82 Å². The van der Waals surface area contributed by atoms with Gasteiger partial charge < -0.3 is 15.5 Å². The number of aliphatic imine (C=N–C) groups is 1. The lowest BCUT2D eigenvalue weighted by molar-refractivity contribution is 0.305. The predicted octanol–water partition coefficient (Wildman–Crippen LogP) is 2.35. The van der Waals surface area contributed by atoms with Crippen LogP contribution in [0.3, 0.4) is 0 Å². The van der Waals surface area contributed by atoms with E-state index in [-0.39, 0.29) is 11.9 Å². The first-order chi connectivity index (χ1) is 10.6. The molecule has 2 N–H and O–H groups in total. The number of likely N-dealkylation sites (N-methyl/N-ethyl adjacent to an activating group) is 1. The molecule has 1 aromatic carbocycles. The number of nitrogens with zero attached hydrogens (tertiary/aromatic N) is 2. The van der Waals surface area contributed by atoms with Gasteiger partial charge in [0.05, 0.1) is 12.6 Å². The molecule has 0 saturated heterocycles. The zero-order valence-corrected chi connectivity index (χ0v) is 14.7. The smallest absolute Gasteiger partial charge is 0.191 e. The number of nitrogens with one attached hydrogen (secondary N) is 2. The average Bonchev–Trinajstić information content (AvgIpc) is 2.47. The molecule has 0 aliphatic carbocycles. The lowest BCUT2D eigenvalue weighted by Gasteiger charge is -2.23. The number of hydrogen-bond donors (Lipinski definition) is 2. The second-order valence-electron chi connectivity index (χ2n) is 5.17. The van der Waals surface area contributed by atoms with Gasteiger partial charge in [-0.15, -0.1) is 0 Å². The van der Waals surface area contributed by atoms with Gasteiger partial charge in [-0.25, -0.2) is 4.39 Å². The fourth-order valence-electron chi connectivity index (χ4n) is 2.07. The fraction of sp³-hybridized carbons (Fsp3) is 0.562. The van der Waals surface area contributed by atoms with Gasteiger partial charge in [0.25, 0.3) is 0 Å². The Balaban J connectivity index is 2.77. The van der Waals surface area contributed by atoms with Crippen molar-refractivity contribution in [2.75, 3.05) is 45.7 Å². The third-order valence-corrected chi connectivity index (χ3v) is 3.83. The monoisotopic (exact) mass is 326 g/mol. The van der Waals surface area contributed by atoms with Gasteiger partial charge >= 0.3 is 0 Å². The Bertz CT molecular complexity index is 465. The highest BCUT2D eigenvalue weighted by Gasteiger charge is 2.14. The quantitative estimate of drug-likeness (QED) is 0.437. The third kappa shape index (κ3) is 6.66. The number of rotatable bonds is 8. The summed E-state index contributed by atoms with van der Waals surface area (Å²) in [4.78, 5) is 6.69. The minimum absolute atomic E-state index is 0.0479. The molecule has 124 valence electrons. The molecule has 0 radical (unpaired) electrons. The lowest BCUT2D eigenvalue weighted by atomic mass is 10.1. The number of halogens is 1. The van der Waals surface area contributed by atoms with Gasteiger partial charge in [-0.05, 0) is 45.0 Å². The highest BCUT2D eigenvalue weighted by atomic mass is 32.2. The van der Waals surface area contributed by atoms with E-state index >= 15 is 0 Å². The van der Waals surface area contributed by atoms with Crippen LogP contribution in [0, 0.1) is 5.82 Å². The summed E-state index contributed by atoms with van der Waals surface area (Å²) in [6.07, 6.45) is 2.08. The molecule has 6 heteroatoms. The van der Waals surface area contributed by atoms with Gasteiger partial charge in [0, 0.05) is 18.8 Å². The van der Waals surface area contributed by atoms with E-state index in [1.807, 2.05) is 27.1 Å². The van der Waals surface area contributed by atoms with Gasteiger partial charge in [-0.1, -0.05) is 12.1 Å². The fourth-order valence-corrected chi connectivity index (χ4v) is 2.38. The number of hydrogen-bond acceptors (Lipinski definition) is 3. The van der Waals surface area contributed by atoms with Crippen LogP contribution in [0.2, 0.25) is 0 Å². The first-order valence-electron chi connectivity index (χ1n) is 7.51. The van der Waals surface area contributed by atoms with Crippen molar-refractivity contribution in [1.82, 2.24) is 15.5 Å². The Morgan fingerprint density at radius 1 is 1.36 bits per heavy atom. The summed E-state index contributed by atoms with van der Waals surface area (Å²) >= 11 is 1.79.